The van der Waals surface area contributed by atoms with E-state index in [2.05, 4.69) is 37.7 Å². The van der Waals surface area contributed by atoms with Crippen molar-refractivity contribution in [2.75, 3.05) is 18.8 Å². The van der Waals surface area contributed by atoms with Crippen LogP contribution in [0.2, 0.25) is 0 Å². The van der Waals surface area contributed by atoms with E-state index in [4.69, 9.17) is 0 Å². The Hall–Kier alpha value is -1.31. The third kappa shape index (κ3) is 8.56. The number of aromatic nitrogens is 2. The van der Waals surface area contributed by atoms with Crippen LogP contribution in [0.15, 0.2) is 17.4 Å². The first-order valence-electron chi connectivity index (χ1n) is 8.40. The van der Waals surface area contributed by atoms with Gasteiger partial charge in [0.1, 0.15) is 5.69 Å². The topological polar surface area (TPSA) is 46.1 Å². The van der Waals surface area contributed by atoms with E-state index < -0.39 is 11.9 Å². The van der Waals surface area contributed by atoms with Gasteiger partial charge in [0.15, 0.2) is 5.16 Å². The normalized spacial score (nSPS) is 12.0. The number of thioether (sulfide) groups is 1. The third-order valence-corrected chi connectivity index (χ3v) is 4.40. The number of nitrogens with zero attached hydrogens (tertiary/aromatic N) is 3. The minimum absolute atomic E-state index is 0.0316. The second kappa shape index (κ2) is 9.99. The van der Waals surface area contributed by atoms with Gasteiger partial charge in [0.25, 0.3) is 0 Å². The van der Waals surface area contributed by atoms with Crippen molar-refractivity contribution in [1.29, 1.82) is 0 Å². The molecule has 0 aliphatic rings. The molecule has 0 aliphatic heterocycles. The first-order valence-corrected chi connectivity index (χ1v) is 9.39. The standard InChI is InChI=1S/C17H26F3N3OS/c1-12(2)6-9-23(10-7-13(3)4)15(24)11-25-16-21-8-5-14(22-16)17(18,19)20/h5,8,12-13H,6-7,9-11H2,1-4H3. The van der Waals surface area contributed by atoms with Crippen LogP contribution in [-0.4, -0.2) is 39.6 Å². The largest absolute Gasteiger partial charge is 0.433 e. The van der Waals surface area contributed by atoms with E-state index in [1.54, 1.807) is 4.90 Å². The Balaban J connectivity index is 2.66. The lowest BCUT2D eigenvalue weighted by Crippen LogP contribution is -2.35. The molecule has 0 radical (unpaired) electrons. The maximum absolute atomic E-state index is 12.7. The predicted molar refractivity (Wildman–Crippen MR) is 93.2 cm³/mol. The van der Waals surface area contributed by atoms with Gasteiger partial charge >= 0.3 is 6.18 Å². The summed E-state index contributed by atoms with van der Waals surface area (Å²) in [7, 11) is 0. The molecule has 1 aromatic rings. The molecule has 0 bridgehead atoms. The molecule has 0 saturated heterocycles. The summed E-state index contributed by atoms with van der Waals surface area (Å²) in [5.41, 5.74) is -0.992. The summed E-state index contributed by atoms with van der Waals surface area (Å²) in [6, 6.07) is 0.823. The van der Waals surface area contributed by atoms with Crippen LogP contribution in [0, 0.1) is 11.8 Å². The van der Waals surface area contributed by atoms with Crippen molar-refractivity contribution in [3.63, 3.8) is 0 Å². The fourth-order valence-electron chi connectivity index (χ4n) is 1.98. The number of rotatable bonds is 9. The Morgan fingerprint density at radius 1 is 1.16 bits per heavy atom. The van der Waals surface area contributed by atoms with Crippen molar-refractivity contribution in [3.05, 3.63) is 18.0 Å². The molecule has 0 fully saturated rings. The molecule has 0 unspecified atom stereocenters. The van der Waals surface area contributed by atoms with Crippen molar-refractivity contribution in [2.45, 2.75) is 51.9 Å². The molecule has 0 atom stereocenters. The number of alkyl halides is 3. The SMILES string of the molecule is CC(C)CCN(CCC(C)C)C(=O)CSc1nccc(C(F)(F)F)n1. The molecule has 25 heavy (non-hydrogen) atoms. The smallest absolute Gasteiger partial charge is 0.342 e. The van der Waals surface area contributed by atoms with Gasteiger partial charge in [-0.3, -0.25) is 4.79 Å². The van der Waals surface area contributed by atoms with E-state index in [9.17, 15) is 18.0 Å². The molecule has 1 heterocycles. The summed E-state index contributed by atoms with van der Waals surface area (Å²) >= 11 is 0.942. The van der Waals surface area contributed by atoms with Crippen molar-refractivity contribution in [3.8, 4) is 0 Å². The molecule has 1 aromatic heterocycles. The highest BCUT2D eigenvalue weighted by Crippen LogP contribution is 2.28. The number of carbonyl (C=O) groups excluding carboxylic acids is 1. The lowest BCUT2D eigenvalue weighted by molar-refractivity contribution is -0.141. The van der Waals surface area contributed by atoms with Gasteiger partial charge in [-0.05, 0) is 30.7 Å². The zero-order valence-corrected chi connectivity index (χ0v) is 16.0. The molecular formula is C17H26F3N3OS. The van der Waals surface area contributed by atoms with Gasteiger partial charge in [-0.2, -0.15) is 13.2 Å². The molecular weight excluding hydrogens is 351 g/mol. The zero-order valence-electron chi connectivity index (χ0n) is 15.1. The van der Waals surface area contributed by atoms with Crippen molar-refractivity contribution >= 4 is 17.7 Å². The van der Waals surface area contributed by atoms with E-state index in [0.29, 0.717) is 24.9 Å². The van der Waals surface area contributed by atoms with Crippen molar-refractivity contribution in [2.24, 2.45) is 11.8 Å². The monoisotopic (exact) mass is 377 g/mol. The average Bonchev–Trinajstić information content (AvgIpc) is 2.51. The molecule has 0 spiro atoms. The minimum atomic E-state index is -4.51. The fraction of sp³-hybridized carbons (Fsp3) is 0.706. The quantitative estimate of drug-likeness (QED) is 0.469. The Kier molecular flexibility index (Phi) is 8.68. The maximum atomic E-state index is 12.7. The number of amides is 1. The first kappa shape index (κ1) is 21.7. The Morgan fingerprint density at radius 2 is 1.72 bits per heavy atom. The Labute approximate surface area is 151 Å². The number of hydrogen-bond donors (Lipinski definition) is 0. The van der Waals surface area contributed by atoms with Crippen LogP contribution in [-0.2, 0) is 11.0 Å². The number of hydrogen-bond acceptors (Lipinski definition) is 4. The average molecular weight is 377 g/mol. The molecule has 1 rings (SSSR count). The van der Waals surface area contributed by atoms with Gasteiger partial charge in [0.2, 0.25) is 5.91 Å². The van der Waals surface area contributed by atoms with E-state index in [1.165, 1.54) is 0 Å². The second-order valence-electron chi connectivity index (χ2n) is 6.76. The van der Waals surface area contributed by atoms with Gasteiger partial charge in [-0.15, -0.1) is 0 Å². The van der Waals surface area contributed by atoms with Crippen LogP contribution in [0.5, 0.6) is 0 Å². The number of carbonyl (C=O) groups is 1. The van der Waals surface area contributed by atoms with Crippen LogP contribution in [0.1, 0.15) is 46.2 Å². The van der Waals surface area contributed by atoms with Crippen LogP contribution in [0.4, 0.5) is 13.2 Å². The first-order chi connectivity index (χ1) is 11.6. The van der Waals surface area contributed by atoms with Crippen LogP contribution < -0.4 is 0 Å². The summed E-state index contributed by atoms with van der Waals surface area (Å²) in [6.45, 7) is 9.69. The predicted octanol–water partition coefficient (Wildman–Crippen LogP) is 4.51. The van der Waals surface area contributed by atoms with Crippen LogP contribution in [0.3, 0.4) is 0 Å². The highest BCUT2D eigenvalue weighted by Gasteiger charge is 2.32. The molecule has 0 aromatic carbocycles. The summed E-state index contributed by atoms with van der Waals surface area (Å²) < 4.78 is 38.0. The van der Waals surface area contributed by atoms with Gasteiger partial charge in [-0.1, -0.05) is 39.5 Å². The van der Waals surface area contributed by atoms with Gasteiger partial charge in [-0.25, -0.2) is 9.97 Å². The summed E-state index contributed by atoms with van der Waals surface area (Å²) in [6.07, 6.45) is -1.65. The lowest BCUT2D eigenvalue weighted by atomic mass is 10.1. The van der Waals surface area contributed by atoms with Crippen LogP contribution >= 0.6 is 11.8 Å². The summed E-state index contributed by atoms with van der Waals surface area (Å²) in [4.78, 5) is 21.5. The van der Waals surface area contributed by atoms with E-state index in [0.717, 1.165) is 36.9 Å². The second-order valence-corrected chi connectivity index (χ2v) is 7.70. The van der Waals surface area contributed by atoms with E-state index in [1.807, 2.05) is 0 Å². The van der Waals surface area contributed by atoms with Crippen LogP contribution in [0.25, 0.3) is 0 Å². The molecule has 142 valence electrons. The van der Waals surface area contributed by atoms with E-state index >= 15 is 0 Å². The summed E-state index contributed by atoms with van der Waals surface area (Å²) in [5, 5.41) is -0.0316. The molecule has 1 amide bonds. The summed E-state index contributed by atoms with van der Waals surface area (Å²) in [5.74, 6) is 0.909. The van der Waals surface area contributed by atoms with Crippen molar-refractivity contribution < 1.29 is 18.0 Å². The number of halogens is 3. The highest BCUT2D eigenvalue weighted by atomic mass is 32.2. The molecule has 0 N–H and O–H groups in total. The molecule has 0 aliphatic carbocycles. The zero-order chi connectivity index (χ0) is 19.0. The van der Waals surface area contributed by atoms with Crippen molar-refractivity contribution in [1.82, 2.24) is 14.9 Å². The van der Waals surface area contributed by atoms with E-state index in [-0.39, 0.29) is 16.8 Å². The fourth-order valence-corrected chi connectivity index (χ4v) is 2.71. The Bertz CT molecular complexity index is 538. The van der Waals surface area contributed by atoms with Gasteiger partial charge in [0.05, 0.1) is 5.75 Å². The van der Waals surface area contributed by atoms with Gasteiger partial charge in [0, 0.05) is 19.3 Å². The lowest BCUT2D eigenvalue weighted by Gasteiger charge is -2.24. The van der Waals surface area contributed by atoms with Gasteiger partial charge < -0.3 is 4.90 Å². The minimum Gasteiger partial charge on any atom is -0.342 e. The molecule has 8 heteroatoms. The maximum Gasteiger partial charge on any atom is 0.433 e. The molecule has 4 nitrogen and oxygen atoms in total. The Morgan fingerprint density at radius 3 is 2.20 bits per heavy atom. The third-order valence-electron chi connectivity index (χ3n) is 3.55. The highest BCUT2D eigenvalue weighted by molar-refractivity contribution is 7.99. The molecule has 0 saturated carbocycles.